The van der Waals surface area contributed by atoms with Gasteiger partial charge in [-0.15, -0.1) is 0 Å². The Bertz CT molecular complexity index is 861. The van der Waals surface area contributed by atoms with Crippen LogP contribution in [0.2, 0.25) is 0 Å². The summed E-state index contributed by atoms with van der Waals surface area (Å²) in [6.45, 7) is 0. The predicted octanol–water partition coefficient (Wildman–Crippen LogP) is 1.87. The van der Waals surface area contributed by atoms with Gasteiger partial charge in [-0.3, -0.25) is 15.1 Å². The van der Waals surface area contributed by atoms with Crippen LogP contribution in [-0.4, -0.2) is 30.1 Å². The molecule has 2 heterocycles. The zero-order valence-electron chi connectivity index (χ0n) is 10.8. The minimum Gasteiger partial charge on any atom is -0.377 e. The van der Waals surface area contributed by atoms with Crippen molar-refractivity contribution < 1.29 is 13.3 Å². The molecule has 0 amide bonds. The smallest absolute Gasteiger partial charge is 0.278 e. The van der Waals surface area contributed by atoms with Gasteiger partial charge >= 0.3 is 0 Å². The van der Waals surface area contributed by atoms with Crippen LogP contribution in [0, 0.1) is 10.1 Å². The fourth-order valence-electron chi connectivity index (χ4n) is 2.33. The van der Waals surface area contributed by atoms with Crippen LogP contribution in [0.25, 0.3) is 10.8 Å². The van der Waals surface area contributed by atoms with E-state index in [1.807, 2.05) is 0 Å². The summed E-state index contributed by atoms with van der Waals surface area (Å²) in [6, 6.07) is 4.30. The molecule has 1 unspecified atom stereocenters. The molecule has 0 bridgehead atoms. The van der Waals surface area contributed by atoms with Crippen molar-refractivity contribution in [2.45, 2.75) is 6.04 Å². The van der Waals surface area contributed by atoms with E-state index in [-0.39, 0.29) is 17.5 Å². The number of nitrogens with one attached hydrogen (secondary N) is 1. The average Bonchev–Trinajstić information content (AvgIpc) is 2.78. The molecule has 0 radical (unpaired) electrons. The van der Waals surface area contributed by atoms with Crippen LogP contribution in [0.3, 0.4) is 0 Å². The van der Waals surface area contributed by atoms with E-state index in [2.05, 4.69) is 10.3 Å². The summed E-state index contributed by atoms with van der Waals surface area (Å²) in [5, 5.41) is 16.3. The maximum absolute atomic E-state index is 11.4. The van der Waals surface area contributed by atoms with Crippen molar-refractivity contribution in [3.63, 3.8) is 0 Å². The van der Waals surface area contributed by atoms with Gasteiger partial charge in [0.25, 0.3) is 5.69 Å². The number of nitrogens with zero attached hydrogens (tertiary/aromatic N) is 2. The first-order valence-electron chi connectivity index (χ1n) is 6.15. The molecule has 1 aliphatic rings. The summed E-state index contributed by atoms with van der Waals surface area (Å²) < 4.78 is 22.8. The quantitative estimate of drug-likeness (QED) is 0.686. The van der Waals surface area contributed by atoms with Crippen molar-refractivity contribution in [3.05, 3.63) is 52.2 Å². The van der Waals surface area contributed by atoms with Crippen LogP contribution >= 0.6 is 0 Å². The zero-order chi connectivity index (χ0) is 15.0. The number of non-ortho nitro benzene ring substituents is 1. The van der Waals surface area contributed by atoms with Gasteiger partial charge in [-0.1, -0.05) is 6.08 Å². The normalized spacial score (nSPS) is 19.7. The van der Waals surface area contributed by atoms with E-state index in [0.717, 1.165) is 0 Å². The van der Waals surface area contributed by atoms with Crippen molar-refractivity contribution in [1.82, 2.24) is 4.98 Å². The summed E-state index contributed by atoms with van der Waals surface area (Å²) in [7, 11) is -3.15. The Morgan fingerprint density at radius 1 is 1.29 bits per heavy atom. The Morgan fingerprint density at radius 2 is 2.10 bits per heavy atom. The Kier molecular flexibility index (Phi) is 3.09. The van der Waals surface area contributed by atoms with E-state index in [0.29, 0.717) is 16.5 Å². The van der Waals surface area contributed by atoms with Crippen LogP contribution < -0.4 is 5.32 Å². The van der Waals surface area contributed by atoms with Crippen LogP contribution in [0.5, 0.6) is 0 Å². The molecule has 0 aliphatic carbocycles. The van der Waals surface area contributed by atoms with Gasteiger partial charge < -0.3 is 5.32 Å². The molecule has 0 saturated carbocycles. The Labute approximate surface area is 120 Å². The summed E-state index contributed by atoms with van der Waals surface area (Å²) in [4.78, 5) is 14.5. The molecule has 0 fully saturated rings. The number of rotatable bonds is 3. The summed E-state index contributed by atoms with van der Waals surface area (Å²) in [5.74, 6) is -0.0173. The van der Waals surface area contributed by atoms with Crippen LogP contribution in [-0.2, 0) is 9.84 Å². The largest absolute Gasteiger partial charge is 0.377 e. The molecule has 1 aliphatic heterocycles. The Morgan fingerprint density at radius 3 is 2.76 bits per heavy atom. The van der Waals surface area contributed by atoms with E-state index in [1.54, 1.807) is 24.4 Å². The third kappa shape index (κ3) is 2.57. The van der Waals surface area contributed by atoms with E-state index in [1.165, 1.54) is 17.7 Å². The first kappa shape index (κ1) is 13.5. The second-order valence-corrected chi connectivity index (χ2v) is 6.65. The SMILES string of the molecule is O=[N+]([O-])c1ccc(NC2C=CS(=O)(=O)C2)c2ccncc12. The molecule has 1 N–H and O–H groups in total. The lowest BCUT2D eigenvalue weighted by atomic mass is 10.1. The molecule has 1 aromatic heterocycles. The van der Waals surface area contributed by atoms with Gasteiger partial charge in [0.1, 0.15) is 0 Å². The summed E-state index contributed by atoms with van der Waals surface area (Å²) >= 11 is 0. The summed E-state index contributed by atoms with van der Waals surface area (Å²) in [6.07, 6.45) is 4.54. The number of nitro benzene ring substituents is 1. The van der Waals surface area contributed by atoms with Crippen molar-refractivity contribution in [3.8, 4) is 0 Å². The molecule has 108 valence electrons. The number of nitro groups is 1. The van der Waals surface area contributed by atoms with Gasteiger partial charge in [-0.2, -0.15) is 0 Å². The number of pyridine rings is 1. The maximum atomic E-state index is 11.4. The average molecular weight is 305 g/mol. The molecule has 0 saturated heterocycles. The number of benzene rings is 1. The van der Waals surface area contributed by atoms with Gasteiger partial charge in [0, 0.05) is 34.9 Å². The third-order valence-electron chi connectivity index (χ3n) is 3.26. The number of hydrogen-bond donors (Lipinski definition) is 1. The highest BCUT2D eigenvalue weighted by atomic mass is 32.2. The molecule has 21 heavy (non-hydrogen) atoms. The topological polar surface area (TPSA) is 102 Å². The number of fused-ring (bicyclic) bond motifs is 1. The van der Waals surface area contributed by atoms with Crippen LogP contribution in [0.1, 0.15) is 0 Å². The highest BCUT2D eigenvalue weighted by molar-refractivity contribution is 7.94. The minimum absolute atomic E-state index is 0.0173. The van der Waals surface area contributed by atoms with Crippen molar-refractivity contribution >= 4 is 32.0 Å². The molecular weight excluding hydrogens is 294 g/mol. The fourth-order valence-corrected chi connectivity index (χ4v) is 3.56. The highest BCUT2D eigenvalue weighted by Crippen LogP contribution is 2.31. The monoisotopic (exact) mass is 305 g/mol. The number of sulfone groups is 1. The van der Waals surface area contributed by atoms with Gasteiger partial charge in [0.15, 0.2) is 9.84 Å². The molecule has 0 spiro atoms. The first-order chi connectivity index (χ1) is 9.96. The fraction of sp³-hybridized carbons (Fsp3) is 0.154. The molecule has 1 atom stereocenters. The van der Waals surface area contributed by atoms with Crippen molar-refractivity contribution in [2.24, 2.45) is 0 Å². The van der Waals surface area contributed by atoms with Crippen molar-refractivity contribution in [1.29, 1.82) is 0 Å². The van der Waals surface area contributed by atoms with E-state index < -0.39 is 14.8 Å². The highest BCUT2D eigenvalue weighted by Gasteiger charge is 2.22. The molecular formula is C13H11N3O4S. The van der Waals surface area contributed by atoms with E-state index >= 15 is 0 Å². The predicted molar refractivity (Wildman–Crippen MR) is 78.7 cm³/mol. The van der Waals surface area contributed by atoms with Gasteiger partial charge in [-0.25, -0.2) is 8.42 Å². The Hall–Kier alpha value is -2.48. The van der Waals surface area contributed by atoms with Crippen LogP contribution in [0.15, 0.2) is 42.1 Å². The van der Waals surface area contributed by atoms with E-state index in [9.17, 15) is 18.5 Å². The number of hydrogen-bond acceptors (Lipinski definition) is 6. The zero-order valence-corrected chi connectivity index (χ0v) is 11.6. The molecule has 7 nitrogen and oxygen atoms in total. The second kappa shape index (κ2) is 4.81. The third-order valence-corrected chi connectivity index (χ3v) is 4.66. The maximum Gasteiger partial charge on any atom is 0.278 e. The molecule has 8 heteroatoms. The standard InChI is InChI=1S/C13H11N3O4S/c17-16(18)13-2-1-12(10-3-5-14-7-11(10)13)15-9-4-6-21(19,20)8-9/h1-7,9,15H,8H2. The molecule has 2 aromatic rings. The van der Waals surface area contributed by atoms with Gasteiger partial charge in [0.2, 0.25) is 0 Å². The van der Waals surface area contributed by atoms with Crippen LogP contribution in [0.4, 0.5) is 11.4 Å². The lowest BCUT2D eigenvalue weighted by molar-refractivity contribution is -0.383. The number of aromatic nitrogens is 1. The van der Waals surface area contributed by atoms with E-state index in [4.69, 9.17) is 0 Å². The summed E-state index contributed by atoms with van der Waals surface area (Å²) in [5.41, 5.74) is 0.614. The van der Waals surface area contributed by atoms with Gasteiger partial charge in [-0.05, 0) is 12.1 Å². The lowest BCUT2D eigenvalue weighted by Crippen LogP contribution is -2.21. The number of anilines is 1. The minimum atomic E-state index is -3.15. The lowest BCUT2D eigenvalue weighted by Gasteiger charge is -2.13. The van der Waals surface area contributed by atoms with Crippen molar-refractivity contribution in [2.75, 3.05) is 11.1 Å². The Balaban J connectivity index is 2.03. The first-order valence-corrected chi connectivity index (χ1v) is 7.86. The molecule has 1 aromatic carbocycles. The van der Waals surface area contributed by atoms with Gasteiger partial charge in [0.05, 0.1) is 22.1 Å². The molecule has 3 rings (SSSR count). The second-order valence-electron chi connectivity index (χ2n) is 4.72.